The largest absolute Gasteiger partial charge is 0.481 e. The lowest BCUT2D eigenvalue weighted by molar-refractivity contribution is -0.384. The van der Waals surface area contributed by atoms with Gasteiger partial charge in [-0.2, -0.15) is 0 Å². The molecule has 0 heterocycles. The summed E-state index contributed by atoms with van der Waals surface area (Å²) in [6, 6.07) is 5.34. The molecular weight excluding hydrogens is 250 g/mol. The van der Waals surface area contributed by atoms with E-state index in [4.69, 9.17) is 5.11 Å². The summed E-state index contributed by atoms with van der Waals surface area (Å²) in [6.07, 6.45) is 0.944. The second kappa shape index (κ2) is 6.63. The molecule has 1 unspecified atom stereocenters. The summed E-state index contributed by atoms with van der Waals surface area (Å²) in [4.78, 5) is 32.9. The van der Waals surface area contributed by atoms with Crippen LogP contribution >= 0.6 is 0 Å². The minimum absolute atomic E-state index is 0.135. The number of nitro benzene ring substituents is 1. The Hall–Kier alpha value is -2.24. The van der Waals surface area contributed by atoms with Crippen LogP contribution in [0.5, 0.6) is 0 Å². The van der Waals surface area contributed by atoms with Gasteiger partial charge < -0.3 is 5.11 Å². The number of nitrogens with zero attached hydrogens (tertiary/aromatic N) is 1. The van der Waals surface area contributed by atoms with Crippen LogP contribution in [0.25, 0.3) is 0 Å². The van der Waals surface area contributed by atoms with Crippen molar-refractivity contribution in [3.63, 3.8) is 0 Å². The average Bonchev–Trinajstić information content (AvgIpc) is 2.38. The molecule has 0 amide bonds. The Bertz CT molecular complexity index is 498. The zero-order chi connectivity index (χ0) is 14.4. The summed E-state index contributed by atoms with van der Waals surface area (Å²) >= 11 is 0. The Morgan fingerprint density at radius 2 is 2.11 bits per heavy atom. The number of carbonyl (C=O) groups excluding carboxylic acids is 1. The van der Waals surface area contributed by atoms with Gasteiger partial charge >= 0.3 is 5.97 Å². The van der Waals surface area contributed by atoms with Crippen LogP contribution in [0.3, 0.4) is 0 Å². The molecule has 0 bridgehead atoms. The van der Waals surface area contributed by atoms with E-state index in [-0.39, 0.29) is 23.5 Å². The second-order valence-electron chi connectivity index (χ2n) is 4.26. The molecule has 0 aliphatic heterocycles. The first-order chi connectivity index (χ1) is 8.95. The van der Waals surface area contributed by atoms with E-state index in [9.17, 15) is 19.7 Å². The normalized spacial score (nSPS) is 11.8. The van der Waals surface area contributed by atoms with Crippen LogP contribution in [-0.4, -0.2) is 21.8 Å². The molecule has 1 aromatic carbocycles. The number of carboxylic acids is 1. The van der Waals surface area contributed by atoms with Crippen LogP contribution in [0.1, 0.15) is 36.5 Å². The van der Waals surface area contributed by atoms with Gasteiger partial charge in [-0.15, -0.1) is 0 Å². The number of ketones is 1. The molecule has 102 valence electrons. The molecule has 19 heavy (non-hydrogen) atoms. The maximum atomic E-state index is 11.9. The first-order valence-corrected chi connectivity index (χ1v) is 5.96. The maximum absolute atomic E-state index is 11.9. The fourth-order valence-electron chi connectivity index (χ4n) is 1.80. The van der Waals surface area contributed by atoms with Gasteiger partial charge in [0.1, 0.15) is 0 Å². The van der Waals surface area contributed by atoms with E-state index in [1.165, 1.54) is 24.3 Å². The zero-order valence-electron chi connectivity index (χ0n) is 10.5. The number of hydrogen-bond acceptors (Lipinski definition) is 4. The molecule has 0 spiro atoms. The highest BCUT2D eigenvalue weighted by atomic mass is 16.6. The van der Waals surface area contributed by atoms with Gasteiger partial charge in [-0.05, 0) is 6.42 Å². The van der Waals surface area contributed by atoms with Crippen molar-refractivity contribution in [2.75, 3.05) is 0 Å². The molecule has 1 rings (SSSR count). The predicted molar refractivity (Wildman–Crippen MR) is 68.1 cm³/mol. The smallest absolute Gasteiger partial charge is 0.306 e. The average molecular weight is 265 g/mol. The first-order valence-electron chi connectivity index (χ1n) is 5.96. The van der Waals surface area contributed by atoms with Gasteiger partial charge in [0.05, 0.1) is 10.8 Å². The number of hydrogen-bond donors (Lipinski definition) is 1. The molecule has 1 N–H and O–H groups in total. The van der Waals surface area contributed by atoms with E-state index >= 15 is 0 Å². The van der Waals surface area contributed by atoms with Crippen LogP contribution in [0, 0.1) is 16.0 Å². The molecule has 0 saturated heterocycles. The number of carboxylic acid groups (broad SMARTS) is 1. The minimum Gasteiger partial charge on any atom is -0.481 e. The molecule has 1 aromatic rings. The van der Waals surface area contributed by atoms with Crippen molar-refractivity contribution in [1.82, 2.24) is 0 Å². The van der Waals surface area contributed by atoms with Crippen molar-refractivity contribution in [2.24, 2.45) is 5.92 Å². The summed E-state index contributed by atoms with van der Waals surface area (Å²) in [7, 11) is 0. The Morgan fingerprint density at radius 1 is 1.42 bits per heavy atom. The van der Waals surface area contributed by atoms with E-state index < -0.39 is 16.8 Å². The number of aliphatic carboxylic acids is 1. The third kappa shape index (κ3) is 4.17. The second-order valence-corrected chi connectivity index (χ2v) is 4.26. The first kappa shape index (κ1) is 14.8. The summed E-state index contributed by atoms with van der Waals surface area (Å²) in [6.45, 7) is 1.84. The molecule has 0 aliphatic rings. The van der Waals surface area contributed by atoms with Crippen LogP contribution in [0.15, 0.2) is 24.3 Å². The van der Waals surface area contributed by atoms with Crippen LogP contribution in [0.4, 0.5) is 5.69 Å². The molecule has 0 aliphatic carbocycles. The molecular formula is C13H15NO5. The van der Waals surface area contributed by atoms with E-state index in [0.717, 1.165) is 0 Å². The van der Waals surface area contributed by atoms with Crippen molar-refractivity contribution in [3.8, 4) is 0 Å². The number of nitro groups is 1. The van der Waals surface area contributed by atoms with Gasteiger partial charge in [-0.1, -0.05) is 25.5 Å². The Kier molecular flexibility index (Phi) is 5.17. The highest BCUT2D eigenvalue weighted by Crippen LogP contribution is 2.19. The zero-order valence-corrected chi connectivity index (χ0v) is 10.5. The van der Waals surface area contributed by atoms with Gasteiger partial charge in [-0.25, -0.2) is 0 Å². The van der Waals surface area contributed by atoms with Crippen molar-refractivity contribution in [3.05, 3.63) is 39.9 Å². The molecule has 0 radical (unpaired) electrons. The van der Waals surface area contributed by atoms with Crippen molar-refractivity contribution in [2.45, 2.75) is 26.2 Å². The summed E-state index contributed by atoms with van der Waals surface area (Å²) in [5.41, 5.74) is 0.00442. The Labute approximate surface area is 110 Å². The third-order valence-corrected chi connectivity index (χ3v) is 2.80. The van der Waals surface area contributed by atoms with Crippen molar-refractivity contribution >= 4 is 17.4 Å². The molecule has 6 nitrogen and oxygen atoms in total. The van der Waals surface area contributed by atoms with Gasteiger partial charge in [-0.3, -0.25) is 19.7 Å². The quantitative estimate of drug-likeness (QED) is 0.464. The highest BCUT2D eigenvalue weighted by Gasteiger charge is 2.21. The van der Waals surface area contributed by atoms with Gasteiger partial charge in [0.2, 0.25) is 0 Å². The van der Waals surface area contributed by atoms with Crippen LogP contribution < -0.4 is 0 Å². The lowest BCUT2D eigenvalue weighted by atomic mass is 9.94. The SMILES string of the molecule is CCCC(CC(=O)c1cccc([N+](=O)[O-])c1)C(=O)O. The van der Waals surface area contributed by atoms with E-state index in [0.29, 0.717) is 12.8 Å². The van der Waals surface area contributed by atoms with Gasteiger partial charge in [0.25, 0.3) is 5.69 Å². The fourth-order valence-corrected chi connectivity index (χ4v) is 1.80. The number of rotatable bonds is 7. The van der Waals surface area contributed by atoms with E-state index in [2.05, 4.69) is 0 Å². The summed E-state index contributed by atoms with van der Waals surface area (Å²) < 4.78 is 0. The molecule has 0 fully saturated rings. The van der Waals surface area contributed by atoms with Gasteiger partial charge in [0.15, 0.2) is 5.78 Å². The number of Topliss-reactive ketones (excluding diaryl/α,β-unsaturated/α-hetero) is 1. The molecule has 1 atom stereocenters. The number of non-ortho nitro benzene ring substituents is 1. The molecule has 0 aromatic heterocycles. The van der Waals surface area contributed by atoms with E-state index in [1.54, 1.807) is 0 Å². The molecule has 6 heteroatoms. The Balaban J connectivity index is 2.85. The monoisotopic (exact) mass is 265 g/mol. The fraction of sp³-hybridized carbons (Fsp3) is 0.385. The summed E-state index contributed by atoms with van der Waals surface area (Å²) in [5.74, 6) is -2.14. The number of benzene rings is 1. The molecule has 0 saturated carbocycles. The predicted octanol–water partition coefficient (Wildman–Crippen LogP) is 2.67. The lowest BCUT2D eigenvalue weighted by Gasteiger charge is -2.09. The Morgan fingerprint density at radius 3 is 2.63 bits per heavy atom. The highest BCUT2D eigenvalue weighted by molar-refractivity contribution is 5.98. The maximum Gasteiger partial charge on any atom is 0.306 e. The topological polar surface area (TPSA) is 97.5 Å². The van der Waals surface area contributed by atoms with E-state index in [1.807, 2.05) is 6.92 Å². The number of carbonyl (C=O) groups is 2. The van der Waals surface area contributed by atoms with Crippen molar-refractivity contribution < 1.29 is 19.6 Å². The summed E-state index contributed by atoms with van der Waals surface area (Å²) in [5, 5.41) is 19.6. The standard InChI is InChI=1S/C13H15NO5/c1-2-4-10(13(16)17)8-12(15)9-5-3-6-11(7-9)14(18)19/h3,5-7,10H,2,4,8H2,1H3,(H,16,17). The van der Waals surface area contributed by atoms with Gasteiger partial charge in [0, 0.05) is 24.1 Å². The third-order valence-electron chi connectivity index (χ3n) is 2.80. The lowest BCUT2D eigenvalue weighted by Crippen LogP contribution is -2.18. The van der Waals surface area contributed by atoms with Crippen LogP contribution in [0.2, 0.25) is 0 Å². The minimum atomic E-state index is -1.01. The van der Waals surface area contributed by atoms with Crippen molar-refractivity contribution in [1.29, 1.82) is 0 Å². The van der Waals surface area contributed by atoms with Crippen LogP contribution in [-0.2, 0) is 4.79 Å².